The van der Waals surface area contributed by atoms with Gasteiger partial charge in [0.05, 0.1) is 17.5 Å². The Morgan fingerprint density at radius 3 is 2.17 bits per heavy atom. The number of carbonyl (C=O) groups is 4. The molecule has 4 aromatic rings. The topological polar surface area (TPSA) is 87.3 Å². The van der Waals surface area contributed by atoms with Gasteiger partial charge < -0.3 is 4.98 Å². The highest BCUT2D eigenvalue weighted by atomic mass is 16.2. The zero-order valence-electron chi connectivity index (χ0n) is 23.9. The normalized spacial score (nSPS) is 26.5. The van der Waals surface area contributed by atoms with Crippen molar-refractivity contribution in [2.24, 2.45) is 23.2 Å². The van der Waals surface area contributed by atoms with Crippen LogP contribution in [0.4, 0.5) is 5.69 Å². The van der Waals surface area contributed by atoms with Crippen LogP contribution in [0.25, 0.3) is 10.9 Å². The molecule has 4 aliphatic rings. The molecule has 1 aliphatic heterocycles. The summed E-state index contributed by atoms with van der Waals surface area (Å²) < 4.78 is 0. The van der Waals surface area contributed by atoms with Gasteiger partial charge in [-0.1, -0.05) is 63.2 Å². The second kappa shape index (κ2) is 8.60. The zero-order chi connectivity index (χ0) is 29.1. The van der Waals surface area contributed by atoms with Gasteiger partial charge in [0.2, 0.25) is 11.8 Å². The maximum Gasteiger partial charge on any atom is 0.243 e. The van der Waals surface area contributed by atoms with Gasteiger partial charge in [-0.3, -0.25) is 19.2 Å². The Hall–Kier alpha value is -4.32. The first-order valence-corrected chi connectivity index (χ1v) is 15.0. The van der Waals surface area contributed by atoms with E-state index in [2.05, 4.69) is 31.8 Å². The lowest BCUT2D eigenvalue weighted by atomic mass is 9.56. The number of hydrogen-bond acceptors (Lipinski definition) is 4. The molecule has 0 bridgehead atoms. The molecule has 6 nitrogen and oxygen atoms in total. The predicted octanol–water partition coefficient (Wildman–Crippen LogP) is 6.78. The smallest absolute Gasteiger partial charge is 0.243 e. The molecule has 1 saturated carbocycles. The van der Waals surface area contributed by atoms with Crippen LogP contribution in [-0.4, -0.2) is 28.4 Å². The first kappa shape index (κ1) is 25.4. The number of imide groups is 1. The van der Waals surface area contributed by atoms with Crippen LogP contribution in [0.15, 0.2) is 66.7 Å². The molecular formula is C36H32N2O4. The largest absolute Gasteiger partial charge is 0.357 e. The molecular weight excluding hydrogens is 524 g/mol. The van der Waals surface area contributed by atoms with E-state index in [9.17, 15) is 19.2 Å². The van der Waals surface area contributed by atoms with Crippen LogP contribution in [-0.2, 0) is 9.59 Å². The fourth-order valence-electron chi connectivity index (χ4n) is 8.48. The molecule has 1 N–H and O–H groups in total. The number of nitrogens with zero attached hydrogens (tertiary/aromatic N) is 1. The second-order valence-corrected chi connectivity index (χ2v) is 13.6. The molecule has 42 heavy (non-hydrogen) atoms. The summed E-state index contributed by atoms with van der Waals surface area (Å²) in [5.41, 5.74) is 4.80. The summed E-state index contributed by atoms with van der Waals surface area (Å²) in [6.07, 6.45) is 2.98. The summed E-state index contributed by atoms with van der Waals surface area (Å²) in [5, 5.41) is 1.14. The number of H-pyrrole nitrogens is 1. The molecule has 6 heteroatoms. The number of nitrogens with one attached hydrogen (secondary N) is 1. The molecule has 5 atom stereocenters. The number of para-hydroxylation sites is 1. The first-order valence-electron chi connectivity index (χ1n) is 15.0. The van der Waals surface area contributed by atoms with E-state index in [0.717, 1.165) is 35.9 Å². The number of aromatic amines is 1. The lowest BCUT2D eigenvalue weighted by Crippen LogP contribution is -2.41. The van der Waals surface area contributed by atoms with Crippen LogP contribution in [0.1, 0.15) is 95.0 Å². The van der Waals surface area contributed by atoms with Crippen molar-refractivity contribution < 1.29 is 19.2 Å². The highest BCUT2D eigenvalue weighted by molar-refractivity contribution is 6.30. The van der Waals surface area contributed by atoms with Gasteiger partial charge in [0.25, 0.3) is 0 Å². The van der Waals surface area contributed by atoms with Gasteiger partial charge in [0.15, 0.2) is 11.6 Å². The van der Waals surface area contributed by atoms with Gasteiger partial charge in [-0.05, 0) is 72.3 Å². The summed E-state index contributed by atoms with van der Waals surface area (Å²) >= 11 is 0. The third kappa shape index (κ3) is 3.32. The average Bonchev–Trinajstić information content (AvgIpc) is 3.50. The molecule has 2 heterocycles. The fourth-order valence-corrected chi connectivity index (χ4v) is 8.48. The maximum atomic E-state index is 14.4. The summed E-state index contributed by atoms with van der Waals surface area (Å²) in [5.74, 6) is -1.32. The number of amides is 2. The molecule has 0 spiro atoms. The van der Waals surface area contributed by atoms with Crippen molar-refractivity contribution in [3.63, 3.8) is 0 Å². The lowest BCUT2D eigenvalue weighted by Gasteiger charge is -2.47. The van der Waals surface area contributed by atoms with Gasteiger partial charge >= 0.3 is 0 Å². The van der Waals surface area contributed by atoms with Gasteiger partial charge in [-0.2, -0.15) is 0 Å². The maximum absolute atomic E-state index is 14.4. The molecule has 2 amide bonds. The number of ketones is 2. The van der Waals surface area contributed by atoms with Crippen LogP contribution in [0.3, 0.4) is 0 Å². The van der Waals surface area contributed by atoms with Crippen LogP contribution in [0, 0.1) is 23.2 Å². The van der Waals surface area contributed by atoms with Gasteiger partial charge in [0.1, 0.15) is 0 Å². The summed E-state index contributed by atoms with van der Waals surface area (Å²) in [6.45, 7) is 6.81. The van der Waals surface area contributed by atoms with Crippen molar-refractivity contribution in [3.8, 4) is 0 Å². The van der Waals surface area contributed by atoms with Crippen LogP contribution < -0.4 is 4.90 Å². The van der Waals surface area contributed by atoms with Crippen LogP contribution >= 0.6 is 0 Å². The molecule has 2 fully saturated rings. The van der Waals surface area contributed by atoms with E-state index >= 15 is 0 Å². The average molecular weight is 557 g/mol. The molecule has 3 aromatic carbocycles. The molecule has 0 unspecified atom stereocenters. The quantitative estimate of drug-likeness (QED) is 0.231. The minimum Gasteiger partial charge on any atom is -0.357 e. The highest BCUT2D eigenvalue weighted by Gasteiger charge is 2.59. The molecule has 8 rings (SSSR count). The van der Waals surface area contributed by atoms with Crippen molar-refractivity contribution in [1.82, 2.24) is 4.98 Å². The fraction of sp³-hybridized carbons (Fsp3) is 0.333. The van der Waals surface area contributed by atoms with E-state index < -0.39 is 11.8 Å². The Bertz CT molecular complexity index is 1870. The number of anilines is 1. The third-order valence-corrected chi connectivity index (χ3v) is 10.6. The molecule has 1 saturated heterocycles. The SMILES string of the molecule is CC(C)(C)[C@H]1CC[C@@H]2c3c([nH]c4ccccc34)[C@H]3C(=O)N(c4ccc5c(c4)C(=O)c4ccccc4C5=O)C(=O)[C@@H]3[C@@H]2C1. The van der Waals surface area contributed by atoms with E-state index in [4.69, 9.17) is 0 Å². The number of hydrogen-bond donors (Lipinski definition) is 1. The van der Waals surface area contributed by atoms with E-state index in [-0.39, 0.29) is 46.2 Å². The Morgan fingerprint density at radius 2 is 1.43 bits per heavy atom. The number of fused-ring (bicyclic) bond motifs is 10. The van der Waals surface area contributed by atoms with Crippen molar-refractivity contribution in [1.29, 1.82) is 0 Å². The summed E-state index contributed by atoms with van der Waals surface area (Å²) in [7, 11) is 0. The Kier molecular flexibility index (Phi) is 5.20. The highest BCUT2D eigenvalue weighted by Crippen LogP contribution is 2.60. The molecule has 210 valence electrons. The van der Waals surface area contributed by atoms with Gasteiger partial charge in [-0.25, -0.2) is 4.90 Å². The standard InChI is InChI=1S/C36H32N2O4/c1-36(2,3)18-12-14-20-25(16-18)29-30(31-28(20)24-10-6-7-11-27(24)37-31)35(42)38(34(29)41)19-13-15-23-26(17-19)33(40)22-9-5-4-8-21(22)32(23)39/h4-11,13,15,17-18,20,25,29-30,37H,12,14,16H2,1-3H3/t18-,20-,25+,29+,30-/m0/s1. The summed E-state index contributed by atoms with van der Waals surface area (Å²) in [6, 6.07) is 19.8. The van der Waals surface area contributed by atoms with Gasteiger partial charge in [0, 0.05) is 38.9 Å². The van der Waals surface area contributed by atoms with E-state index in [0.29, 0.717) is 28.3 Å². The molecule has 3 aliphatic carbocycles. The van der Waals surface area contributed by atoms with Crippen molar-refractivity contribution in [2.75, 3.05) is 4.90 Å². The number of aromatic nitrogens is 1. The zero-order valence-corrected chi connectivity index (χ0v) is 23.9. The Balaban J connectivity index is 1.26. The van der Waals surface area contributed by atoms with Crippen LogP contribution in [0.5, 0.6) is 0 Å². The first-order chi connectivity index (χ1) is 20.1. The van der Waals surface area contributed by atoms with Crippen LogP contribution in [0.2, 0.25) is 0 Å². The van der Waals surface area contributed by atoms with E-state index in [1.807, 2.05) is 18.2 Å². The Labute approximate surface area is 244 Å². The minimum absolute atomic E-state index is 0.0499. The molecule has 1 aromatic heterocycles. The predicted molar refractivity (Wildman–Crippen MR) is 160 cm³/mol. The number of rotatable bonds is 1. The number of benzene rings is 3. The van der Waals surface area contributed by atoms with E-state index in [1.165, 1.54) is 10.5 Å². The van der Waals surface area contributed by atoms with Crippen molar-refractivity contribution in [2.45, 2.75) is 51.9 Å². The minimum atomic E-state index is -0.603. The third-order valence-electron chi connectivity index (χ3n) is 10.6. The lowest BCUT2D eigenvalue weighted by molar-refractivity contribution is -0.123. The van der Waals surface area contributed by atoms with E-state index in [1.54, 1.807) is 42.5 Å². The Morgan fingerprint density at radius 1 is 0.762 bits per heavy atom. The van der Waals surface area contributed by atoms with Crippen molar-refractivity contribution >= 4 is 40.0 Å². The second-order valence-electron chi connectivity index (χ2n) is 13.6. The number of carbonyl (C=O) groups excluding carboxylic acids is 4. The molecule has 0 radical (unpaired) electrons. The van der Waals surface area contributed by atoms with Gasteiger partial charge in [-0.15, -0.1) is 0 Å². The monoisotopic (exact) mass is 556 g/mol. The van der Waals surface area contributed by atoms with Crippen molar-refractivity contribution in [3.05, 3.63) is 100 Å². The summed E-state index contributed by atoms with van der Waals surface area (Å²) in [4.78, 5) is 60.4.